The molecular weight excluding hydrogens is 316 g/mol. The lowest BCUT2D eigenvalue weighted by Gasteiger charge is -2.30. The average Bonchev–Trinajstić information content (AvgIpc) is 2.48. The number of carbonyl (C=O) groups is 1. The van der Waals surface area contributed by atoms with Gasteiger partial charge in [0.25, 0.3) is 0 Å². The zero-order valence-electron chi connectivity index (χ0n) is 11.7. The molecule has 1 aliphatic rings. The summed E-state index contributed by atoms with van der Waals surface area (Å²) in [4.78, 5) is 15.7. The second kappa shape index (κ2) is 6.72. The lowest BCUT2D eigenvalue weighted by Crippen LogP contribution is -2.42. The number of sulfonamides is 1. The van der Waals surface area contributed by atoms with Crippen LogP contribution in [0.2, 0.25) is 5.15 Å². The Morgan fingerprint density at radius 2 is 2.29 bits per heavy atom. The predicted molar refractivity (Wildman–Crippen MR) is 77.4 cm³/mol. The summed E-state index contributed by atoms with van der Waals surface area (Å²) in [5, 5.41) is 0.233. The summed E-state index contributed by atoms with van der Waals surface area (Å²) < 4.78 is 31.3. The molecule has 1 fully saturated rings. The van der Waals surface area contributed by atoms with Gasteiger partial charge in [0.2, 0.25) is 10.0 Å². The number of nitrogens with zero attached hydrogens (tertiary/aromatic N) is 2. The Morgan fingerprint density at radius 3 is 2.90 bits per heavy atom. The highest BCUT2D eigenvalue weighted by Gasteiger charge is 2.34. The van der Waals surface area contributed by atoms with Gasteiger partial charge in [-0.1, -0.05) is 11.6 Å². The van der Waals surface area contributed by atoms with Crippen LogP contribution in [0.3, 0.4) is 0 Å². The molecule has 0 N–H and O–H groups in total. The summed E-state index contributed by atoms with van der Waals surface area (Å²) in [5.41, 5.74) is 0. The highest BCUT2D eigenvalue weighted by molar-refractivity contribution is 7.89. The third-order valence-electron chi connectivity index (χ3n) is 3.34. The van der Waals surface area contributed by atoms with Gasteiger partial charge in [-0.2, -0.15) is 4.31 Å². The molecule has 0 saturated carbocycles. The smallest absolute Gasteiger partial charge is 0.310 e. The maximum Gasteiger partial charge on any atom is 0.310 e. The number of pyridine rings is 1. The molecule has 1 aromatic heterocycles. The fourth-order valence-corrected chi connectivity index (χ4v) is 3.86. The first-order chi connectivity index (χ1) is 9.95. The predicted octanol–water partition coefficient (Wildman–Crippen LogP) is 1.70. The van der Waals surface area contributed by atoms with Gasteiger partial charge >= 0.3 is 5.97 Å². The van der Waals surface area contributed by atoms with Crippen molar-refractivity contribution in [3.05, 3.63) is 23.5 Å². The van der Waals surface area contributed by atoms with Crippen LogP contribution in [0.1, 0.15) is 19.8 Å². The number of carbonyl (C=O) groups excluding carboxylic acids is 1. The quantitative estimate of drug-likeness (QED) is 0.619. The molecule has 2 rings (SSSR count). The van der Waals surface area contributed by atoms with Crippen LogP contribution in [0.5, 0.6) is 0 Å². The van der Waals surface area contributed by atoms with Gasteiger partial charge in [0.15, 0.2) is 0 Å². The van der Waals surface area contributed by atoms with Crippen molar-refractivity contribution < 1.29 is 17.9 Å². The molecule has 0 spiro atoms. The van der Waals surface area contributed by atoms with Gasteiger partial charge in [0, 0.05) is 19.3 Å². The Labute approximate surface area is 129 Å². The van der Waals surface area contributed by atoms with Crippen LogP contribution in [0.25, 0.3) is 0 Å². The molecule has 6 nitrogen and oxygen atoms in total. The highest BCUT2D eigenvalue weighted by atomic mass is 35.5. The maximum atomic E-state index is 12.5. The molecule has 116 valence electrons. The summed E-state index contributed by atoms with van der Waals surface area (Å²) in [6.07, 6.45) is 2.50. The molecule has 1 aromatic rings. The molecule has 0 bridgehead atoms. The fourth-order valence-electron chi connectivity index (χ4n) is 2.28. The Bertz CT molecular complexity index is 603. The zero-order valence-corrected chi connectivity index (χ0v) is 13.2. The topological polar surface area (TPSA) is 76.6 Å². The SMILES string of the molecule is CCOC(=O)[C@@H]1CCCN(S(=O)(=O)c2ccc(Cl)nc2)C1. The van der Waals surface area contributed by atoms with Crippen LogP contribution in [0.15, 0.2) is 23.2 Å². The molecule has 0 amide bonds. The van der Waals surface area contributed by atoms with Gasteiger partial charge in [0.05, 0.1) is 12.5 Å². The highest BCUT2D eigenvalue weighted by Crippen LogP contribution is 2.24. The van der Waals surface area contributed by atoms with Gasteiger partial charge in [0.1, 0.15) is 10.0 Å². The second-order valence-corrected chi connectivity index (χ2v) is 7.10. The van der Waals surface area contributed by atoms with Gasteiger partial charge in [-0.25, -0.2) is 13.4 Å². The first-order valence-corrected chi connectivity index (χ1v) is 8.55. The third-order valence-corrected chi connectivity index (χ3v) is 5.41. The van der Waals surface area contributed by atoms with E-state index in [1.54, 1.807) is 6.92 Å². The van der Waals surface area contributed by atoms with E-state index in [1.807, 2.05) is 0 Å². The van der Waals surface area contributed by atoms with E-state index >= 15 is 0 Å². The number of halogens is 1. The number of rotatable bonds is 4. The van der Waals surface area contributed by atoms with Crippen LogP contribution >= 0.6 is 11.6 Å². The van der Waals surface area contributed by atoms with Crippen molar-refractivity contribution in [2.75, 3.05) is 19.7 Å². The number of hydrogen-bond acceptors (Lipinski definition) is 5. The van der Waals surface area contributed by atoms with Crippen molar-refractivity contribution >= 4 is 27.6 Å². The number of esters is 1. The van der Waals surface area contributed by atoms with Crippen LogP contribution in [-0.4, -0.2) is 43.4 Å². The molecule has 1 aliphatic heterocycles. The van der Waals surface area contributed by atoms with Crippen LogP contribution in [0.4, 0.5) is 0 Å². The van der Waals surface area contributed by atoms with E-state index in [9.17, 15) is 13.2 Å². The van der Waals surface area contributed by atoms with Crippen molar-refractivity contribution in [2.24, 2.45) is 5.92 Å². The van der Waals surface area contributed by atoms with Crippen molar-refractivity contribution in [3.63, 3.8) is 0 Å². The normalized spacial score (nSPS) is 20.2. The van der Waals surface area contributed by atoms with E-state index < -0.39 is 15.9 Å². The monoisotopic (exact) mass is 332 g/mol. The third kappa shape index (κ3) is 3.72. The fraction of sp³-hybridized carbons (Fsp3) is 0.538. The van der Waals surface area contributed by atoms with Gasteiger partial charge in [-0.15, -0.1) is 0 Å². The van der Waals surface area contributed by atoms with Crippen LogP contribution < -0.4 is 0 Å². The van der Waals surface area contributed by atoms with E-state index in [4.69, 9.17) is 16.3 Å². The van der Waals surface area contributed by atoms with E-state index in [0.717, 1.165) is 0 Å². The minimum absolute atomic E-state index is 0.0800. The molecule has 8 heteroatoms. The summed E-state index contributed by atoms with van der Waals surface area (Å²) >= 11 is 5.67. The maximum absolute atomic E-state index is 12.5. The molecule has 21 heavy (non-hydrogen) atoms. The molecule has 1 saturated heterocycles. The molecule has 0 aromatic carbocycles. The minimum atomic E-state index is -3.66. The van der Waals surface area contributed by atoms with E-state index in [1.165, 1.54) is 22.6 Å². The molecule has 1 atom stereocenters. The minimum Gasteiger partial charge on any atom is -0.466 e. The van der Waals surface area contributed by atoms with Gasteiger partial charge < -0.3 is 4.74 Å². The summed E-state index contributed by atoms with van der Waals surface area (Å²) in [6, 6.07) is 2.85. The zero-order chi connectivity index (χ0) is 15.5. The van der Waals surface area contributed by atoms with E-state index in [0.29, 0.717) is 26.0 Å². The van der Waals surface area contributed by atoms with Crippen molar-refractivity contribution in [2.45, 2.75) is 24.7 Å². The van der Waals surface area contributed by atoms with Crippen molar-refractivity contribution in [1.29, 1.82) is 0 Å². The Morgan fingerprint density at radius 1 is 1.52 bits per heavy atom. The Balaban J connectivity index is 2.16. The van der Waals surface area contributed by atoms with Crippen LogP contribution in [0, 0.1) is 5.92 Å². The van der Waals surface area contributed by atoms with Crippen molar-refractivity contribution in [1.82, 2.24) is 9.29 Å². The molecule has 2 heterocycles. The van der Waals surface area contributed by atoms with Crippen molar-refractivity contribution in [3.8, 4) is 0 Å². The average molecular weight is 333 g/mol. The Hall–Kier alpha value is -1.18. The molecular formula is C13H17ClN2O4S. The van der Waals surface area contributed by atoms with E-state index in [-0.39, 0.29) is 22.6 Å². The Kier molecular flexibility index (Phi) is 5.18. The van der Waals surface area contributed by atoms with E-state index in [2.05, 4.69) is 4.98 Å². The number of aromatic nitrogens is 1. The standard InChI is InChI=1S/C13H17ClN2O4S/c1-2-20-13(17)10-4-3-7-16(9-10)21(18,19)11-5-6-12(14)15-8-11/h5-6,8,10H,2-4,7,9H2,1H3/t10-/m1/s1. The lowest BCUT2D eigenvalue weighted by atomic mass is 10.0. The summed E-state index contributed by atoms with van der Waals surface area (Å²) in [7, 11) is -3.66. The largest absolute Gasteiger partial charge is 0.466 e. The number of hydrogen-bond donors (Lipinski definition) is 0. The first kappa shape index (κ1) is 16.2. The summed E-state index contributed by atoms with van der Waals surface area (Å²) in [5.74, 6) is -0.750. The number of piperidine rings is 1. The molecule has 0 aliphatic carbocycles. The summed E-state index contributed by atoms with van der Waals surface area (Å²) in [6.45, 7) is 2.56. The molecule has 0 unspecified atom stereocenters. The first-order valence-electron chi connectivity index (χ1n) is 6.73. The number of ether oxygens (including phenoxy) is 1. The van der Waals surface area contributed by atoms with Gasteiger partial charge in [-0.3, -0.25) is 4.79 Å². The second-order valence-electron chi connectivity index (χ2n) is 4.77. The molecule has 0 radical (unpaired) electrons. The van der Waals surface area contributed by atoms with Gasteiger partial charge in [-0.05, 0) is 31.9 Å². The lowest BCUT2D eigenvalue weighted by molar-refractivity contribution is -0.149. The van der Waals surface area contributed by atoms with Crippen LogP contribution in [-0.2, 0) is 19.6 Å².